The van der Waals surface area contributed by atoms with E-state index in [-0.39, 0.29) is 6.29 Å². The molecule has 0 heterocycles. The standard InChI is InChI=1S/C14H24N2O2/c1-5-16(12-9-7-6-8-10-12)14(2,11-15)13(17-3)18-4/h6-10,13H,5,11,15H2,1-4H3. The summed E-state index contributed by atoms with van der Waals surface area (Å²) < 4.78 is 10.8. The van der Waals surface area contributed by atoms with Crippen molar-refractivity contribution >= 4 is 5.69 Å². The monoisotopic (exact) mass is 252 g/mol. The molecule has 0 amide bonds. The smallest absolute Gasteiger partial charge is 0.180 e. The van der Waals surface area contributed by atoms with Gasteiger partial charge < -0.3 is 20.1 Å². The quantitative estimate of drug-likeness (QED) is 0.752. The van der Waals surface area contributed by atoms with Crippen LogP contribution in [0.2, 0.25) is 0 Å². The van der Waals surface area contributed by atoms with E-state index in [9.17, 15) is 0 Å². The van der Waals surface area contributed by atoms with Gasteiger partial charge in [-0.1, -0.05) is 18.2 Å². The average molecular weight is 252 g/mol. The number of methoxy groups -OCH3 is 2. The Morgan fingerprint density at radius 2 is 1.78 bits per heavy atom. The highest BCUT2D eigenvalue weighted by Gasteiger charge is 2.39. The van der Waals surface area contributed by atoms with Gasteiger partial charge in [-0.15, -0.1) is 0 Å². The predicted molar refractivity (Wildman–Crippen MR) is 74.7 cm³/mol. The molecule has 0 aliphatic rings. The number of hydrogen-bond acceptors (Lipinski definition) is 4. The van der Waals surface area contributed by atoms with Gasteiger partial charge in [0.15, 0.2) is 6.29 Å². The molecule has 1 aromatic rings. The second kappa shape index (κ2) is 6.73. The predicted octanol–water partition coefficient (Wildman–Crippen LogP) is 1.85. The lowest BCUT2D eigenvalue weighted by molar-refractivity contribution is -0.141. The normalized spacial score (nSPS) is 14.6. The molecule has 0 bridgehead atoms. The number of ether oxygens (including phenoxy) is 2. The zero-order valence-corrected chi connectivity index (χ0v) is 11.7. The number of nitrogens with two attached hydrogens (primary N) is 1. The van der Waals surface area contributed by atoms with Crippen LogP contribution >= 0.6 is 0 Å². The molecule has 0 saturated heterocycles. The van der Waals surface area contributed by atoms with Gasteiger partial charge in [0.25, 0.3) is 0 Å². The number of anilines is 1. The van der Waals surface area contributed by atoms with E-state index in [4.69, 9.17) is 15.2 Å². The summed E-state index contributed by atoms with van der Waals surface area (Å²) in [4.78, 5) is 2.21. The maximum Gasteiger partial charge on any atom is 0.180 e. The molecule has 2 N–H and O–H groups in total. The lowest BCUT2D eigenvalue weighted by Crippen LogP contribution is -2.60. The van der Waals surface area contributed by atoms with Gasteiger partial charge in [-0.3, -0.25) is 0 Å². The first kappa shape index (κ1) is 15.0. The third-order valence-corrected chi connectivity index (χ3v) is 3.35. The van der Waals surface area contributed by atoms with Crippen LogP contribution in [0.25, 0.3) is 0 Å². The molecule has 0 fully saturated rings. The van der Waals surface area contributed by atoms with Gasteiger partial charge in [-0.25, -0.2) is 0 Å². The van der Waals surface area contributed by atoms with Gasteiger partial charge in [-0.05, 0) is 26.0 Å². The van der Waals surface area contributed by atoms with Crippen molar-refractivity contribution in [2.45, 2.75) is 25.7 Å². The second-order valence-corrected chi connectivity index (χ2v) is 4.44. The largest absolute Gasteiger partial charge is 0.360 e. The number of likely N-dealkylation sites (N-methyl/N-ethyl adjacent to an activating group) is 1. The van der Waals surface area contributed by atoms with Crippen molar-refractivity contribution in [1.29, 1.82) is 0 Å². The fraction of sp³-hybridized carbons (Fsp3) is 0.571. The SMILES string of the molecule is CCN(c1ccccc1)C(C)(CN)C(OC)OC. The fourth-order valence-electron chi connectivity index (χ4n) is 2.38. The maximum atomic E-state index is 5.97. The third kappa shape index (κ3) is 2.83. The molecule has 0 aliphatic carbocycles. The van der Waals surface area contributed by atoms with Gasteiger partial charge in [0.05, 0.1) is 0 Å². The maximum absolute atomic E-state index is 5.97. The summed E-state index contributed by atoms with van der Waals surface area (Å²) in [5.74, 6) is 0. The lowest BCUT2D eigenvalue weighted by Gasteiger charge is -2.45. The van der Waals surface area contributed by atoms with E-state index in [1.54, 1.807) is 14.2 Å². The zero-order chi connectivity index (χ0) is 13.6. The first-order chi connectivity index (χ1) is 8.63. The summed E-state index contributed by atoms with van der Waals surface area (Å²) in [6, 6.07) is 10.2. The minimum atomic E-state index is -0.403. The van der Waals surface area contributed by atoms with E-state index >= 15 is 0 Å². The summed E-state index contributed by atoms with van der Waals surface area (Å²) >= 11 is 0. The van der Waals surface area contributed by atoms with Crippen LogP contribution in [0.5, 0.6) is 0 Å². The van der Waals surface area contributed by atoms with Crippen LogP contribution in [0.3, 0.4) is 0 Å². The first-order valence-corrected chi connectivity index (χ1v) is 6.22. The molecule has 0 saturated carbocycles. The van der Waals surface area contributed by atoms with E-state index < -0.39 is 5.54 Å². The van der Waals surface area contributed by atoms with E-state index in [0.717, 1.165) is 12.2 Å². The summed E-state index contributed by atoms with van der Waals surface area (Å²) in [5, 5.41) is 0. The van der Waals surface area contributed by atoms with Gasteiger partial charge in [0.2, 0.25) is 0 Å². The molecule has 0 aliphatic heterocycles. The molecule has 0 aromatic heterocycles. The van der Waals surface area contributed by atoms with Crippen LogP contribution in [0.4, 0.5) is 5.69 Å². The van der Waals surface area contributed by atoms with Gasteiger partial charge in [0.1, 0.15) is 5.54 Å². The molecule has 4 heteroatoms. The summed E-state index contributed by atoms with van der Waals surface area (Å²) in [6.45, 7) is 5.44. The van der Waals surface area contributed by atoms with Crippen molar-refractivity contribution < 1.29 is 9.47 Å². The van der Waals surface area contributed by atoms with Crippen LogP contribution in [0.1, 0.15) is 13.8 Å². The number of para-hydroxylation sites is 1. The van der Waals surface area contributed by atoms with Crippen molar-refractivity contribution in [2.75, 3.05) is 32.2 Å². The number of rotatable bonds is 7. The zero-order valence-electron chi connectivity index (χ0n) is 11.7. The van der Waals surface area contributed by atoms with E-state index in [2.05, 4.69) is 30.9 Å². The van der Waals surface area contributed by atoms with Crippen molar-refractivity contribution in [2.24, 2.45) is 5.73 Å². The summed E-state index contributed by atoms with van der Waals surface area (Å²) in [6.07, 6.45) is -0.373. The fourth-order valence-corrected chi connectivity index (χ4v) is 2.38. The highest BCUT2D eigenvalue weighted by Crippen LogP contribution is 2.27. The molecule has 1 unspecified atom stereocenters. The Labute approximate surface area is 110 Å². The van der Waals surface area contributed by atoms with Crippen molar-refractivity contribution in [3.63, 3.8) is 0 Å². The molecule has 1 aromatic carbocycles. The number of hydrogen-bond donors (Lipinski definition) is 1. The van der Waals surface area contributed by atoms with Crippen LogP contribution in [-0.4, -0.2) is 39.1 Å². The van der Waals surface area contributed by atoms with Gasteiger partial charge in [0, 0.05) is 33.0 Å². The van der Waals surface area contributed by atoms with Crippen LogP contribution in [0, 0.1) is 0 Å². The Morgan fingerprint density at radius 3 is 2.17 bits per heavy atom. The average Bonchev–Trinajstić information content (AvgIpc) is 2.42. The minimum absolute atomic E-state index is 0.373. The molecule has 0 spiro atoms. The molecule has 4 nitrogen and oxygen atoms in total. The van der Waals surface area contributed by atoms with E-state index in [1.807, 2.05) is 18.2 Å². The third-order valence-electron chi connectivity index (χ3n) is 3.35. The molecule has 102 valence electrons. The highest BCUT2D eigenvalue weighted by molar-refractivity contribution is 5.49. The van der Waals surface area contributed by atoms with E-state index in [0.29, 0.717) is 6.54 Å². The van der Waals surface area contributed by atoms with Crippen molar-refractivity contribution in [3.8, 4) is 0 Å². The molecule has 1 atom stereocenters. The molecule has 1 rings (SSSR count). The van der Waals surface area contributed by atoms with Crippen LogP contribution in [-0.2, 0) is 9.47 Å². The highest BCUT2D eigenvalue weighted by atomic mass is 16.7. The second-order valence-electron chi connectivity index (χ2n) is 4.44. The Bertz CT molecular complexity index is 341. The topological polar surface area (TPSA) is 47.7 Å². The Hall–Kier alpha value is -1.10. The Morgan fingerprint density at radius 1 is 1.22 bits per heavy atom. The van der Waals surface area contributed by atoms with E-state index in [1.165, 1.54) is 0 Å². The summed E-state index contributed by atoms with van der Waals surface area (Å²) in [7, 11) is 3.28. The number of nitrogens with zero attached hydrogens (tertiary/aromatic N) is 1. The van der Waals surface area contributed by atoms with Crippen LogP contribution < -0.4 is 10.6 Å². The van der Waals surface area contributed by atoms with Crippen molar-refractivity contribution in [3.05, 3.63) is 30.3 Å². The molecular formula is C14H24N2O2. The lowest BCUT2D eigenvalue weighted by atomic mass is 9.97. The molecular weight excluding hydrogens is 228 g/mol. The number of benzene rings is 1. The summed E-state index contributed by atoms with van der Waals surface area (Å²) in [5.41, 5.74) is 6.69. The molecule has 18 heavy (non-hydrogen) atoms. The Balaban J connectivity index is 3.11. The van der Waals surface area contributed by atoms with Crippen LogP contribution in [0.15, 0.2) is 30.3 Å². The Kier molecular flexibility index (Phi) is 5.59. The first-order valence-electron chi connectivity index (χ1n) is 6.22. The van der Waals surface area contributed by atoms with Gasteiger partial charge >= 0.3 is 0 Å². The van der Waals surface area contributed by atoms with Crippen molar-refractivity contribution in [1.82, 2.24) is 0 Å². The molecule has 0 radical (unpaired) electrons. The minimum Gasteiger partial charge on any atom is -0.360 e. The van der Waals surface area contributed by atoms with Gasteiger partial charge in [-0.2, -0.15) is 0 Å².